The molecular weight excluding hydrogens is 174 g/mol. The van der Waals surface area contributed by atoms with Crippen molar-refractivity contribution >= 4 is 0 Å². The fourth-order valence-corrected chi connectivity index (χ4v) is 1.64. The molecule has 1 saturated carbocycles. The van der Waals surface area contributed by atoms with Crippen LogP contribution in [0.1, 0.15) is 44.9 Å². The van der Waals surface area contributed by atoms with E-state index in [0.29, 0.717) is 0 Å². The van der Waals surface area contributed by atoms with E-state index >= 15 is 0 Å². The number of hydrogen-bond acceptors (Lipinski definition) is 2. The van der Waals surface area contributed by atoms with Gasteiger partial charge in [0.1, 0.15) is 0 Å². The zero-order valence-corrected chi connectivity index (χ0v) is 9.22. The van der Waals surface area contributed by atoms with Gasteiger partial charge in [-0.1, -0.05) is 20.8 Å². The topological polar surface area (TPSA) is 40.7 Å². The van der Waals surface area contributed by atoms with Crippen molar-refractivity contribution in [2.75, 3.05) is 0 Å². The van der Waals surface area contributed by atoms with Gasteiger partial charge in [-0.2, -0.15) is 5.10 Å². The molecule has 2 N–H and O–H groups in total. The molecule has 0 atom stereocenters. The Morgan fingerprint density at radius 1 is 1.50 bits per heavy atom. The molecule has 0 aromatic carbocycles. The maximum atomic E-state index is 4.12. The molecule has 1 aliphatic carbocycles. The maximum absolute atomic E-state index is 4.12. The van der Waals surface area contributed by atoms with E-state index in [2.05, 4.69) is 36.3 Å². The molecule has 0 unspecified atom stereocenters. The zero-order valence-electron chi connectivity index (χ0n) is 9.22. The summed E-state index contributed by atoms with van der Waals surface area (Å²) < 4.78 is 0. The molecule has 0 spiro atoms. The Balaban J connectivity index is 2.04. The molecule has 0 aliphatic heterocycles. The summed E-state index contributed by atoms with van der Waals surface area (Å²) in [4.78, 5) is 0. The Morgan fingerprint density at radius 2 is 2.21 bits per heavy atom. The van der Waals surface area contributed by atoms with E-state index < -0.39 is 0 Å². The minimum atomic E-state index is 0.164. The standard InChI is InChI=1S/C11H19N3/c1-11(2,3)10-8(7-13-14-10)6-12-9-4-5-9/h7,9,12H,4-6H2,1-3H3,(H,13,14). The Labute approximate surface area is 85.3 Å². The van der Waals surface area contributed by atoms with Crippen LogP contribution in [0.25, 0.3) is 0 Å². The van der Waals surface area contributed by atoms with Crippen LogP contribution in [0.15, 0.2) is 6.20 Å². The summed E-state index contributed by atoms with van der Waals surface area (Å²) in [6, 6.07) is 0.762. The van der Waals surface area contributed by atoms with E-state index in [1.807, 2.05) is 6.20 Å². The van der Waals surface area contributed by atoms with Crippen LogP contribution in [0.2, 0.25) is 0 Å². The largest absolute Gasteiger partial charge is 0.310 e. The van der Waals surface area contributed by atoms with Crippen LogP contribution in [0.3, 0.4) is 0 Å². The van der Waals surface area contributed by atoms with Crippen LogP contribution >= 0.6 is 0 Å². The van der Waals surface area contributed by atoms with Crippen LogP contribution in [-0.4, -0.2) is 16.2 Å². The van der Waals surface area contributed by atoms with Crippen LogP contribution in [0.5, 0.6) is 0 Å². The first kappa shape index (κ1) is 9.71. The SMILES string of the molecule is CC(C)(C)c1[nH]ncc1CNC1CC1. The van der Waals surface area contributed by atoms with Gasteiger partial charge in [-0.25, -0.2) is 0 Å². The Morgan fingerprint density at radius 3 is 2.79 bits per heavy atom. The highest BCUT2D eigenvalue weighted by molar-refractivity contribution is 5.23. The molecular formula is C11H19N3. The molecule has 1 heterocycles. The summed E-state index contributed by atoms with van der Waals surface area (Å²) in [7, 11) is 0. The predicted octanol–water partition coefficient (Wildman–Crippen LogP) is 1.96. The fraction of sp³-hybridized carbons (Fsp3) is 0.727. The number of rotatable bonds is 3. The lowest BCUT2D eigenvalue weighted by Gasteiger charge is -2.18. The second-order valence-corrected chi connectivity index (χ2v) is 5.18. The highest BCUT2D eigenvalue weighted by Crippen LogP contribution is 2.24. The molecule has 3 nitrogen and oxygen atoms in total. The van der Waals surface area contributed by atoms with Crippen molar-refractivity contribution < 1.29 is 0 Å². The molecule has 2 rings (SSSR count). The fourth-order valence-electron chi connectivity index (χ4n) is 1.64. The van der Waals surface area contributed by atoms with Gasteiger partial charge < -0.3 is 5.32 Å². The molecule has 1 fully saturated rings. The van der Waals surface area contributed by atoms with Gasteiger partial charge in [0.25, 0.3) is 0 Å². The third-order valence-electron chi connectivity index (χ3n) is 2.63. The molecule has 14 heavy (non-hydrogen) atoms. The monoisotopic (exact) mass is 193 g/mol. The first-order chi connectivity index (χ1) is 6.57. The van der Waals surface area contributed by atoms with Crippen molar-refractivity contribution in [3.05, 3.63) is 17.5 Å². The lowest BCUT2D eigenvalue weighted by atomic mass is 9.89. The highest BCUT2D eigenvalue weighted by Gasteiger charge is 2.23. The number of H-pyrrole nitrogens is 1. The third-order valence-corrected chi connectivity index (χ3v) is 2.63. The van der Waals surface area contributed by atoms with Crippen LogP contribution in [-0.2, 0) is 12.0 Å². The van der Waals surface area contributed by atoms with Crippen molar-refractivity contribution in [3.63, 3.8) is 0 Å². The summed E-state index contributed by atoms with van der Waals surface area (Å²) in [6.45, 7) is 7.58. The van der Waals surface area contributed by atoms with Gasteiger partial charge in [0.2, 0.25) is 0 Å². The van der Waals surface area contributed by atoms with Crippen molar-refractivity contribution in [1.29, 1.82) is 0 Å². The first-order valence-electron chi connectivity index (χ1n) is 5.33. The number of aromatic nitrogens is 2. The summed E-state index contributed by atoms with van der Waals surface area (Å²) in [5.74, 6) is 0. The van der Waals surface area contributed by atoms with Crippen molar-refractivity contribution in [2.45, 2.75) is 51.6 Å². The average Bonchev–Trinajstić information content (AvgIpc) is 2.77. The minimum Gasteiger partial charge on any atom is -0.310 e. The van der Waals surface area contributed by atoms with Gasteiger partial charge in [-0.3, -0.25) is 5.10 Å². The molecule has 0 radical (unpaired) electrons. The molecule has 1 aromatic heterocycles. The summed E-state index contributed by atoms with van der Waals surface area (Å²) >= 11 is 0. The summed E-state index contributed by atoms with van der Waals surface area (Å²) in [6.07, 6.45) is 4.61. The maximum Gasteiger partial charge on any atom is 0.0535 e. The molecule has 1 aromatic rings. The van der Waals surface area contributed by atoms with Crippen molar-refractivity contribution in [2.24, 2.45) is 0 Å². The van der Waals surface area contributed by atoms with E-state index in [1.54, 1.807) is 0 Å². The van der Waals surface area contributed by atoms with Gasteiger partial charge in [0.05, 0.1) is 6.20 Å². The van der Waals surface area contributed by atoms with Crippen molar-refractivity contribution in [3.8, 4) is 0 Å². The molecule has 0 amide bonds. The molecule has 0 saturated heterocycles. The Hall–Kier alpha value is -0.830. The highest BCUT2D eigenvalue weighted by atomic mass is 15.1. The van der Waals surface area contributed by atoms with E-state index in [1.165, 1.54) is 24.1 Å². The lowest BCUT2D eigenvalue weighted by Crippen LogP contribution is -2.20. The van der Waals surface area contributed by atoms with E-state index in [-0.39, 0.29) is 5.41 Å². The third kappa shape index (κ3) is 2.15. The Bertz CT molecular complexity index is 305. The first-order valence-corrected chi connectivity index (χ1v) is 5.33. The number of nitrogens with one attached hydrogen (secondary N) is 2. The quantitative estimate of drug-likeness (QED) is 0.770. The summed E-state index contributed by atoms with van der Waals surface area (Å²) in [5, 5.41) is 10.7. The number of hydrogen-bond donors (Lipinski definition) is 2. The van der Waals surface area contributed by atoms with Gasteiger partial charge in [0.15, 0.2) is 0 Å². The smallest absolute Gasteiger partial charge is 0.0535 e. The summed E-state index contributed by atoms with van der Waals surface area (Å²) in [5.41, 5.74) is 2.73. The van der Waals surface area contributed by atoms with Gasteiger partial charge in [-0.15, -0.1) is 0 Å². The normalized spacial score (nSPS) is 17.4. The van der Waals surface area contributed by atoms with Crippen LogP contribution in [0.4, 0.5) is 0 Å². The zero-order chi connectivity index (χ0) is 10.2. The van der Waals surface area contributed by atoms with Crippen LogP contribution < -0.4 is 5.32 Å². The van der Waals surface area contributed by atoms with E-state index in [4.69, 9.17) is 0 Å². The molecule has 3 heteroatoms. The van der Waals surface area contributed by atoms with Crippen LogP contribution in [0, 0.1) is 0 Å². The average molecular weight is 193 g/mol. The number of aromatic amines is 1. The van der Waals surface area contributed by atoms with Crippen molar-refractivity contribution in [1.82, 2.24) is 15.5 Å². The number of nitrogens with zero attached hydrogens (tertiary/aromatic N) is 1. The van der Waals surface area contributed by atoms with Gasteiger partial charge >= 0.3 is 0 Å². The second-order valence-electron chi connectivity index (χ2n) is 5.18. The lowest BCUT2D eigenvalue weighted by molar-refractivity contribution is 0.553. The molecule has 1 aliphatic rings. The van der Waals surface area contributed by atoms with Gasteiger partial charge in [-0.05, 0) is 12.8 Å². The van der Waals surface area contributed by atoms with E-state index in [9.17, 15) is 0 Å². The Kier molecular flexibility index (Phi) is 2.35. The van der Waals surface area contributed by atoms with E-state index in [0.717, 1.165) is 12.6 Å². The van der Waals surface area contributed by atoms with Gasteiger partial charge in [0, 0.05) is 29.3 Å². The molecule has 0 bridgehead atoms. The minimum absolute atomic E-state index is 0.164. The predicted molar refractivity (Wildman–Crippen MR) is 57.1 cm³/mol. The molecule has 78 valence electrons. The second kappa shape index (κ2) is 3.39.